The number of nitrogens with zero attached hydrogens (tertiary/aromatic N) is 1. The van der Waals surface area contributed by atoms with E-state index in [0.717, 1.165) is 12.8 Å². The van der Waals surface area contributed by atoms with Gasteiger partial charge in [0, 0.05) is 19.2 Å². The third kappa shape index (κ3) is 2.75. The summed E-state index contributed by atoms with van der Waals surface area (Å²) in [4.78, 5) is 11.4. The summed E-state index contributed by atoms with van der Waals surface area (Å²) in [7, 11) is -3.50. The van der Waals surface area contributed by atoms with Crippen molar-refractivity contribution in [2.24, 2.45) is 5.92 Å². The number of amides is 1. The highest BCUT2D eigenvalue weighted by Gasteiger charge is 2.29. The van der Waals surface area contributed by atoms with Crippen LogP contribution in [-0.2, 0) is 14.8 Å². The summed E-state index contributed by atoms with van der Waals surface area (Å²) < 4.78 is 32.1. The predicted octanol–water partition coefficient (Wildman–Crippen LogP) is 1.44. The molecule has 0 bridgehead atoms. The lowest BCUT2D eigenvalue weighted by Crippen LogP contribution is -2.39. The molecular weight excluding hydrogens is 292 g/mol. The van der Waals surface area contributed by atoms with E-state index in [1.807, 2.05) is 0 Å². The average Bonchev–Trinajstić information content (AvgIpc) is 2.46. The second-order valence-corrected chi connectivity index (χ2v) is 7.54. The van der Waals surface area contributed by atoms with Gasteiger partial charge in [-0.2, -0.15) is 4.31 Å². The number of benzene rings is 1. The topological polar surface area (TPSA) is 75.7 Å². The number of sulfonamides is 1. The highest BCUT2D eigenvalue weighted by Crippen LogP contribution is 2.32. The Morgan fingerprint density at radius 3 is 2.95 bits per heavy atom. The summed E-state index contributed by atoms with van der Waals surface area (Å²) >= 11 is 0. The third-order valence-electron chi connectivity index (χ3n) is 3.84. The van der Waals surface area contributed by atoms with Crippen molar-refractivity contribution in [1.29, 1.82) is 0 Å². The Hall–Kier alpha value is -1.60. The van der Waals surface area contributed by atoms with Gasteiger partial charge in [0.05, 0.1) is 10.6 Å². The van der Waals surface area contributed by atoms with Gasteiger partial charge < -0.3 is 10.1 Å². The molecule has 1 atom stereocenters. The van der Waals surface area contributed by atoms with Crippen LogP contribution in [0, 0.1) is 5.92 Å². The van der Waals surface area contributed by atoms with E-state index < -0.39 is 10.0 Å². The molecule has 1 saturated heterocycles. The highest BCUT2D eigenvalue weighted by molar-refractivity contribution is 7.89. The molecule has 1 aromatic carbocycles. The number of hydrogen-bond donors (Lipinski definition) is 1. The highest BCUT2D eigenvalue weighted by atomic mass is 32.2. The summed E-state index contributed by atoms with van der Waals surface area (Å²) in [5, 5.41) is 2.65. The van der Waals surface area contributed by atoms with Crippen LogP contribution in [0.5, 0.6) is 5.75 Å². The van der Waals surface area contributed by atoms with Crippen LogP contribution in [0.4, 0.5) is 5.69 Å². The Morgan fingerprint density at radius 2 is 2.19 bits per heavy atom. The van der Waals surface area contributed by atoms with Crippen LogP contribution in [0.15, 0.2) is 23.1 Å². The van der Waals surface area contributed by atoms with Crippen LogP contribution in [0.25, 0.3) is 0 Å². The quantitative estimate of drug-likeness (QED) is 0.897. The Kier molecular flexibility index (Phi) is 3.62. The molecule has 6 nitrogen and oxygen atoms in total. The van der Waals surface area contributed by atoms with Gasteiger partial charge in [0.2, 0.25) is 10.0 Å². The number of nitrogens with one attached hydrogen (secondary N) is 1. The van der Waals surface area contributed by atoms with E-state index in [1.54, 1.807) is 6.07 Å². The van der Waals surface area contributed by atoms with Crippen LogP contribution < -0.4 is 10.1 Å². The van der Waals surface area contributed by atoms with Crippen molar-refractivity contribution in [2.75, 3.05) is 25.0 Å². The number of anilines is 1. The monoisotopic (exact) mass is 310 g/mol. The minimum atomic E-state index is -3.50. The van der Waals surface area contributed by atoms with Crippen molar-refractivity contribution in [3.63, 3.8) is 0 Å². The van der Waals surface area contributed by atoms with Gasteiger partial charge >= 0.3 is 0 Å². The molecule has 0 spiro atoms. The molecule has 21 heavy (non-hydrogen) atoms. The van der Waals surface area contributed by atoms with Crippen molar-refractivity contribution < 1.29 is 17.9 Å². The second kappa shape index (κ2) is 5.31. The number of carbonyl (C=O) groups is 1. The van der Waals surface area contributed by atoms with Gasteiger partial charge in [0.25, 0.3) is 5.91 Å². The molecule has 2 heterocycles. The Morgan fingerprint density at radius 1 is 1.38 bits per heavy atom. The molecule has 1 unspecified atom stereocenters. The molecule has 0 saturated carbocycles. The second-order valence-electron chi connectivity index (χ2n) is 5.61. The molecule has 1 N–H and O–H groups in total. The summed E-state index contributed by atoms with van der Waals surface area (Å²) in [6.45, 7) is 3.09. The Bertz CT molecular complexity index is 672. The molecule has 2 aliphatic rings. The van der Waals surface area contributed by atoms with Crippen molar-refractivity contribution in [1.82, 2.24) is 4.31 Å². The summed E-state index contributed by atoms with van der Waals surface area (Å²) in [5.74, 6) is 0.547. The molecule has 0 radical (unpaired) electrons. The van der Waals surface area contributed by atoms with E-state index >= 15 is 0 Å². The lowest BCUT2D eigenvalue weighted by molar-refractivity contribution is -0.118. The fraction of sp³-hybridized carbons (Fsp3) is 0.500. The summed E-state index contributed by atoms with van der Waals surface area (Å²) in [6, 6.07) is 4.58. The number of ether oxygens (including phenoxy) is 1. The van der Waals surface area contributed by atoms with Crippen molar-refractivity contribution in [3.05, 3.63) is 18.2 Å². The van der Waals surface area contributed by atoms with E-state index in [1.165, 1.54) is 16.4 Å². The molecule has 7 heteroatoms. The van der Waals surface area contributed by atoms with Crippen LogP contribution in [0.2, 0.25) is 0 Å². The van der Waals surface area contributed by atoms with Gasteiger partial charge in [0.15, 0.2) is 6.61 Å². The molecule has 114 valence electrons. The zero-order valence-corrected chi connectivity index (χ0v) is 12.6. The molecule has 2 aliphatic heterocycles. The van der Waals surface area contributed by atoms with Crippen LogP contribution in [0.3, 0.4) is 0 Å². The normalized spacial score (nSPS) is 23.1. The fourth-order valence-corrected chi connectivity index (χ4v) is 4.34. The molecule has 0 aliphatic carbocycles. The minimum Gasteiger partial charge on any atom is -0.482 e. The Labute approximate surface area is 124 Å². The van der Waals surface area contributed by atoms with E-state index in [0.29, 0.717) is 30.4 Å². The number of fused-ring (bicyclic) bond motifs is 1. The average molecular weight is 310 g/mol. The maximum atomic E-state index is 12.7. The smallest absolute Gasteiger partial charge is 0.262 e. The lowest BCUT2D eigenvalue weighted by atomic mass is 10.0. The molecule has 0 aromatic heterocycles. The minimum absolute atomic E-state index is 0.0861. The number of carbonyl (C=O) groups excluding carboxylic acids is 1. The number of hydrogen-bond acceptors (Lipinski definition) is 4. The molecule has 3 rings (SSSR count). The number of rotatable bonds is 2. The summed E-state index contributed by atoms with van der Waals surface area (Å²) in [5.41, 5.74) is 0.511. The first-order chi connectivity index (χ1) is 9.96. The maximum absolute atomic E-state index is 12.7. The molecule has 1 fully saturated rings. The van der Waals surface area contributed by atoms with E-state index in [-0.39, 0.29) is 17.4 Å². The van der Waals surface area contributed by atoms with Gasteiger partial charge in [-0.1, -0.05) is 6.92 Å². The van der Waals surface area contributed by atoms with E-state index in [9.17, 15) is 13.2 Å². The van der Waals surface area contributed by atoms with Gasteiger partial charge in [-0.05, 0) is 30.9 Å². The molecule has 1 amide bonds. The predicted molar refractivity (Wildman–Crippen MR) is 77.7 cm³/mol. The Balaban J connectivity index is 1.91. The number of piperidine rings is 1. The standard InChI is InChI=1S/C14H18N2O4S/c1-10-3-2-6-16(8-10)21(18,19)11-4-5-12-13(7-11)20-9-14(17)15-12/h4-5,7,10H,2-3,6,8-9H2,1H3,(H,15,17). The van der Waals surface area contributed by atoms with Gasteiger partial charge in [0.1, 0.15) is 5.75 Å². The van der Waals surface area contributed by atoms with Gasteiger partial charge in [-0.25, -0.2) is 8.42 Å². The zero-order chi connectivity index (χ0) is 15.0. The molecule has 1 aromatic rings. The van der Waals surface area contributed by atoms with Gasteiger partial charge in [-0.15, -0.1) is 0 Å². The van der Waals surface area contributed by atoms with Crippen molar-refractivity contribution >= 4 is 21.6 Å². The fourth-order valence-electron chi connectivity index (χ4n) is 2.73. The zero-order valence-electron chi connectivity index (χ0n) is 11.8. The van der Waals surface area contributed by atoms with Crippen molar-refractivity contribution in [2.45, 2.75) is 24.7 Å². The largest absolute Gasteiger partial charge is 0.482 e. The van der Waals surface area contributed by atoms with E-state index in [2.05, 4.69) is 12.2 Å². The van der Waals surface area contributed by atoms with Gasteiger partial charge in [-0.3, -0.25) is 4.79 Å². The maximum Gasteiger partial charge on any atom is 0.262 e. The third-order valence-corrected chi connectivity index (χ3v) is 5.70. The first-order valence-electron chi connectivity index (χ1n) is 7.03. The first-order valence-corrected chi connectivity index (χ1v) is 8.47. The lowest BCUT2D eigenvalue weighted by Gasteiger charge is -2.30. The van der Waals surface area contributed by atoms with Crippen LogP contribution in [0.1, 0.15) is 19.8 Å². The summed E-state index contributed by atoms with van der Waals surface area (Å²) in [6.07, 6.45) is 1.95. The van der Waals surface area contributed by atoms with Crippen molar-refractivity contribution in [3.8, 4) is 5.75 Å². The molecular formula is C14H18N2O4S. The van der Waals surface area contributed by atoms with Crippen LogP contribution in [-0.4, -0.2) is 38.3 Å². The first kappa shape index (κ1) is 14.3. The van der Waals surface area contributed by atoms with Crippen LogP contribution >= 0.6 is 0 Å². The SMILES string of the molecule is CC1CCCN(S(=O)(=O)c2ccc3c(c2)OCC(=O)N3)C1. The van der Waals surface area contributed by atoms with E-state index in [4.69, 9.17) is 4.74 Å².